The smallest absolute Gasteiger partial charge is 0.338 e. The molecule has 1 saturated heterocycles. The standard InChI is InChI=1S/C28H24ClNO6/c1-16(2)36-28(34)18-9-11-19(12-10-18)30-24(17-7-5-4-6-8-17)23(26(32)27(30)33)25(31)21-15-20(35-3)13-14-22(21)29/h4-16,24,31H,1-3H3/b25-23+. The first-order valence-electron chi connectivity index (χ1n) is 11.2. The molecular weight excluding hydrogens is 482 g/mol. The largest absolute Gasteiger partial charge is 0.507 e. The third kappa shape index (κ3) is 4.70. The molecule has 184 valence electrons. The Bertz CT molecular complexity index is 1350. The lowest BCUT2D eigenvalue weighted by Gasteiger charge is -2.25. The van der Waals surface area contributed by atoms with Crippen LogP contribution in [-0.2, 0) is 14.3 Å². The van der Waals surface area contributed by atoms with Gasteiger partial charge in [-0.1, -0.05) is 41.9 Å². The summed E-state index contributed by atoms with van der Waals surface area (Å²) in [5.41, 5.74) is 1.36. The Hall–Kier alpha value is -4.10. The minimum Gasteiger partial charge on any atom is -0.507 e. The molecule has 4 rings (SSSR count). The van der Waals surface area contributed by atoms with Crippen molar-refractivity contribution in [1.29, 1.82) is 0 Å². The zero-order chi connectivity index (χ0) is 26.0. The van der Waals surface area contributed by atoms with Crippen molar-refractivity contribution < 1.29 is 29.0 Å². The molecule has 3 aromatic carbocycles. The average molecular weight is 506 g/mol. The monoisotopic (exact) mass is 505 g/mol. The maximum absolute atomic E-state index is 13.3. The lowest BCUT2D eigenvalue weighted by atomic mass is 9.95. The van der Waals surface area contributed by atoms with Gasteiger partial charge in [-0.05, 0) is 61.9 Å². The number of anilines is 1. The zero-order valence-electron chi connectivity index (χ0n) is 19.9. The van der Waals surface area contributed by atoms with Crippen molar-refractivity contribution in [3.05, 3.63) is 100 Å². The predicted octanol–water partition coefficient (Wildman–Crippen LogP) is 5.54. The van der Waals surface area contributed by atoms with E-state index in [0.29, 0.717) is 22.6 Å². The summed E-state index contributed by atoms with van der Waals surface area (Å²) in [6, 6.07) is 18.8. The van der Waals surface area contributed by atoms with Gasteiger partial charge in [-0.3, -0.25) is 14.5 Å². The third-order valence-electron chi connectivity index (χ3n) is 5.71. The predicted molar refractivity (Wildman–Crippen MR) is 136 cm³/mol. The minimum absolute atomic E-state index is 0.107. The van der Waals surface area contributed by atoms with Crippen molar-refractivity contribution in [2.75, 3.05) is 12.0 Å². The summed E-state index contributed by atoms with van der Waals surface area (Å²) in [6.07, 6.45) is -0.281. The first-order valence-corrected chi connectivity index (χ1v) is 11.6. The number of rotatable bonds is 6. The highest BCUT2D eigenvalue weighted by Crippen LogP contribution is 2.43. The van der Waals surface area contributed by atoms with Crippen LogP contribution in [0.5, 0.6) is 5.75 Å². The van der Waals surface area contributed by atoms with E-state index in [0.717, 1.165) is 0 Å². The molecule has 0 spiro atoms. The van der Waals surface area contributed by atoms with E-state index >= 15 is 0 Å². The Labute approximate surface area is 213 Å². The first-order chi connectivity index (χ1) is 17.2. The van der Waals surface area contributed by atoms with E-state index in [-0.39, 0.29) is 22.3 Å². The van der Waals surface area contributed by atoms with Gasteiger partial charge in [0.1, 0.15) is 11.5 Å². The Kier molecular flexibility index (Phi) is 7.12. The molecule has 0 radical (unpaired) electrons. The Balaban J connectivity index is 1.85. The van der Waals surface area contributed by atoms with Crippen LogP contribution in [0.1, 0.15) is 41.4 Å². The maximum atomic E-state index is 13.3. The highest BCUT2D eigenvalue weighted by molar-refractivity contribution is 6.52. The van der Waals surface area contributed by atoms with Gasteiger partial charge in [-0.2, -0.15) is 0 Å². The molecule has 0 bridgehead atoms. The Morgan fingerprint density at radius 1 is 1.00 bits per heavy atom. The fraction of sp³-hybridized carbons (Fsp3) is 0.179. The number of methoxy groups -OCH3 is 1. The molecule has 36 heavy (non-hydrogen) atoms. The Morgan fingerprint density at radius 2 is 1.67 bits per heavy atom. The number of halogens is 1. The summed E-state index contributed by atoms with van der Waals surface area (Å²) in [4.78, 5) is 40.1. The number of hydrogen-bond donors (Lipinski definition) is 1. The number of aliphatic hydroxyl groups excluding tert-OH is 1. The van der Waals surface area contributed by atoms with Crippen LogP contribution in [0.2, 0.25) is 5.02 Å². The molecule has 0 aliphatic carbocycles. The zero-order valence-corrected chi connectivity index (χ0v) is 20.7. The number of carbonyl (C=O) groups is 3. The maximum Gasteiger partial charge on any atom is 0.338 e. The van der Waals surface area contributed by atoms with E-state index in [1.807, 2.05) is 6.07 Å². The molecule has 1 fully saturated rings. The minimum atomic E-state index is -0.929. The molecule has 0 aromatic heterocycles. The lowest BCUT2D eigenvalue weighted by Crippen LogP contribution is -2.29. The topological polar surface area (TPSA) is 93.1 Å². The number of benzene rings is 3. The van der Waals surface area contributed by atoms with Crippen LogP contribution in [0.25, 0.3) is 5.76 Å². The Morgan fingerprint density at radius 3 is 2.28 bits per heavy atom. The number of ketones is 1. The highest BCUT2D eigenvalue weighted by atomic mass is 35.5. The summed E-state index contributed by atoms with van der Waals surface area (Å²) in [6.45, 7) is 3.50. The normalized spacial score (nSPS) is 16.9. The molecule has 7 nitrogen and oxygen atoms in total. The molecule has 1 atom stereocenters. The molecule has 1 amide bonds. The fourth-order valence-corrected chi connectivity index (χ4v) is 4.25. The summed E-state index contributed by atoms with van der Waals surface area (Å²) < 4.78 is 10.5. The van der Waals surface area contributed by atoms with Crippen molar-refractivity contribution in [2.24, 2.45) is 0 Å². The van der Waals surface area contributed by atoms with Gasteiger partial charge in [0.2, 0.25) is 0 Å². The first kappa shape index (κ1) is 25.0. The van der Waals surface area contributed by atoms with Crippen molar-refractivity contribution in [3.63, 3.8) is 0 Å². The summed E-state index contributed by atoms with van der Waals surface area (Å²) in [7, 11) is 1.47. The number of carbonyl (C=O) groups excluding carboxylic acids is 3. The van der Waals surface area contributed by atoms with Crippen molar-refractivity contribution in [2.45, 2.75) is 26.0 Å². The molecule has 3 aromatic rings. The summed E-state index contributed by atoms with van der Waals surface area (Å²) in [5.74, 6) is -2.16. The van der Waals surface area contributed by atoms with Gasteiger partial charge in [0.15, 0.2) is 0 Å². The fourth-order valence-electron chi connectivity index (χ4n) is 4.05. The van der Waals surface area contributed by atoms with E-state index < -0.39 is 29.5 Å². The van der Waals surface area contributed by atoms with Crippen LogP contribution >= 0.6 is 11.6 Å². The van der Waals surface area contributed by atoms with Crippen LogP contribution in [-0.4, -0.2) is 36.0 Å². The number of esters is 1. The van der Waals surface area contributed by atoms with E-state index in [2.05, 4.69) is 0 Å². The van der Waals surface area contributed by atoms with Gasteiger partial charge >= 0.3 is 5.97 Å². The van der Waals surface area contributed by atoms with E-state index in [4.69, 9.17) is 21.1 Å². The number of nitrogens with zero attached hydrogens (tertiary/aromatic N) is 1. The van der Waals surface area contributed by atoms with Crippen LogP contribution in [0.15, 0.2) is 78.4 Å². The van der Waals surface area contributed by atoms with Crippen LogP contribution in [0, 0.1) is 0 Å². The number of amides is 1. The molecule has 1 aliphatic heterocycles. The van der Waals surface area contributed by atoms with Crippen molar-refractivity contribution in [1.82, 2.24) is 0 Å². The molecule has 8 heteroatoms. The highest BCUT2D eigenvalue weighted by Gasteiger charge is 2.47. The number of hydrogen-bond acceptors (Lipinski definition) is 6. The second kappa shape index (κ2) is 10.3. The molecule has 1 heterocycles. The van der Waals surface area contributed by atoms with Gasteiger partial charge in [-0.25, -0.2) is 4.79 Å². The second-order valence-electron chi connectivity index (χ2n) is 8.43. The van der Waals surface area contributed by atoms with Crippen LogP contribution in [0.4, 0.5) is 5.69 Å². The number of aliphatic hydroxyl groups is 1. The van der Waals surface area contributed by atoms with Crippen molar-refractivity contribution in [3.8, 4) is 5.75 Å². The van der Waals surface area contributed by atoms with E-state index in [1.165, 1.54) is 36.3 Å². The SMILES string of the molecule is COc1ccc(Cl)c(/C(O)=C2\C(=O)C(=O)N(c3ccc(C(=O)OC(C)C)cc3)C2c2ccccc2)c1. The lowest BCUT2D eigenvalue weighted by molar-refractivity contribution is -0.132. The van der Waals surface area contributed by atoms with E-state index in [9.17, 15) is 19.5 Å². The van der Waals surface area contributed by atoms with Crippen LogP contribution in [0.3, 0.4) is 0 Å². The van der Waals surface area contributed by atoms with Gasteiger partial charge in [-0.15, -0.1) is 0 Å². The average Bonchev–Trinajstić information content (AvgIpc) is 3.14. The molecular formula is C28H24ClNO6. The summed E-state index contributed by atoms with van der Waals surface area (Å²) >= 11 is 6.34. The quantitative estimate of drug-likeness (QED) is 0.204. The van der Waals surface area contributed by atoms with Crippen LogP contribution < -0.4 is 9.64 Å². The molecule has 1 N–H and O–H groups in total. The summed E-state index contributed by atoms with van der Waals surface area (Å²) in [5, 5.41) is 11.5. The molecule has 1 aliphatic rings. The van der Waals surface area contributed by atoms with Crippen molar-refractivity contribution >= 4 is 40.7 Å². The van der Waals surface area contributed by atoms with Gasteiger partial charge in [0.05, 0.1) is 35.4 Å². The number of Topliss-reactive ketones (excluding diaryl/α,β-unsaturated/α-hetero) is 1. The second-order valence-corrected chi connectivity index (χ2v) is 8.83. The third-order valence-corrected chi connectivity index (χ3v) is 6.04. The van der Waals surface area contributed by atoms with Gasteiger partial charge in [0.25, 0.3) is 11.7 Å². The molecule has 0 saturated carbocycles. The van der Waals surface area contributed by atoms with Gasteiger partial charge in [0, 0.05) is 11.3 Å². The number of ether oxygens (including phenoxy) is 2. The van der Waals surface area contributed by atoms with E-state index in [1.54, 1.807) is 56.3 Å². The van der Waals surface area contributed by atoms with Gasteiger partial charge < -0.3 is 14.6 Å². The molecule has 1 unspecified atom stereocenters.